The first kappa shape index (κ1) is 20.8. The van der Waals surface area contributed by atoms with Gasteiger partial charge in [-0.1, -0.05) is 60.7 Å². The maximum atomic E-state index is 13.3. The van der Waals surface area contributed by atoms with Gasteiger partial charge in [0.25, 0.3) is 0 Å². The van der Waals surface area contributed by atoms with E-state index in [9.17, 15) is 9.59 Å². The number of hydrogen-bond acceptors (Lipinski definition) is 4. The number of anilines is 1. The number of nitrogens with zero attached hydrogens (tertiary/aromatic N) is 2. The predicted molar refractivity (Wildman–Crippen MR) is 119 cm³/mol. The minimum absolute atomic E-state index is 0.200. The van der Waals surface area contributed by atoms with Crippen molar-refractivity contribution in [3.63, 3.8) is 0 Å². The van der Waals surface area contributed by atoms with Crippen LogP contribution in [0.5, 0.6) is 0 Å². The van der Waals surface area contributed by atoms with Crippen molar-refractivity contribution >= 4 is 17.8 Å². The molecular weight excluding hydrogens is 390 g/mol. The van der Waals surface area contributed by atoms with Crippen molar-refractivity contribution in [2.75, 3.05) is 5.32 Å². The molecule has 2 aromatic carbocycles. The molecule has 1 aromatic heterocycles. The number of nitrogens with one attached hydrogen (secondary N) is 1. The summed E-state index contributed by atoms with van der Waals surface area (Å²) in [4.78, 5) is 26.0. The zero-order valence-corrected chi connectivity index (χ0v) is 18.0. The summed E-state index contributed by atoms with van der Waals surface area (Å²) in [5.74, 6) is -0.0635. The molecule has 4 rings (SSSR count). The molecule has 0 radical (unpaired) electrons. The van der Waals surface area contributed by atoms with Crippen LogP contribution >= 0.6 is 0 Å². The molecule has 0 saturated heterocycles. The molecule has 6 nitrogen and oxygen atoms in total. The van der Waals surface area contributed by atoms with Gasteiger partial charge in [0.15, 0.2) is 5.82 Å². The Kier molecular flexibility index (Phi) is 5.63. The van der Waals surface area contributed by atoms with E-state index in [1.54, 1.807) is 6.07 Å². The largest absolute Gasteiger partial charge is 0.442 e. The van der Waals surface area contributed by atoms with Gasteiger partial charge in [-0.15, -0.1) is 5.10 Å². The third-order valence-corrected chi connectivity index (χ3v) is 5.08. The Morgan fingerprint density at radius 1 is 1.00 bits per heavy atom. The van der Waals surface area contributed by atoms with E-state index >= 15 is 0 Å². The first-order valence-electron chi connectivity index (χ1n) is 10.6. The fourth-order valence-electron chi connectivity index (χ4n) is 3.56. The molecular formula is C25H27N3O3. The molecule has 6 heteroatoms. The van der Waals surface area contributed by atoms with Gasteiger partial charge in [-0.05, 0) is 44.7 Å². The second-order valence-corrected chi connectivity index (χ2v) is 8.86. The molecule has 1 N–H and O–H groups in total. The quantitative estimate of drug-likeness (QED) is 0.610. The van der Waals surface area contributed by atoms with E-state index in [4.69, 9.17) is 4.74 Å². The normalized spacial score (nSPS) is 13.8. The summed E-state index contributed by atoms with van der Waals surface area (Å²) >= 11 is 0. The van der Waals surface area contributed by atoms with Crippen LogP contribution in [0.25, 0.3) is 0 Å². The maximum absolute atomic E-state index is 13.3. The van der Waals surface area contributed by atoms with E-state index in [-0.39, 0.29) is 11.8 Å². The fraction of sp³-hybridized carbons (Fsp3) is 0.320. The van der Waals surface area contributed by atoms with Gasteiger partial charge in [-0.2, -0.15) is 4.68 Å². The highest BCUT2D eigenvalue weighted by Crippen LogP contribution is 2.41. The van der Waals surface area contributed by atoms with Crippen LogP contribution in [0.3, 0.4) is 0 Å². The number of hydrogen-bond donors (Lipinski definition) is 1. The number of carbonyl (C=O) groups is 2. The van der Waals surface area contributed by atoms with Gasteiger partial charge in [0, 0.05) is 12.0 Å². The number of benzene rings is 2. The molecule has 3 aromatic rings. The van der Waals surface area contributed by atoms with Crippen LogP contribution in [0, 0.1) is 0 Å². The topological polar surface area (TPSA) is 73.2 Å². The summed E-state index contributed by atoms with van der Waals surface area (Å²) in [7, 11) is 0. The van der Waals surface area contributed by atoms with Crippen molar-refractivity contribution in [1.29, 1.82) is 0 Å². The minimum Gasteiger partial charge on any atom is -0.442 e. The summed E-state index contributed by atoms with van der Waals surface area (Å²) in [5.41, 5.74) is 1.93. The van der Waals surface area contributed by atoms with Crippen molar-refractivity contribution in [1.82, 2.24) is 9.78 Å². The summed E-state index contributed by atoms with van der Waals surface area (Å²) in [6, 6.07) is 21.1. The molecule has 1 amide bonds. The molecule has 1 saturated carbocycles. The Labute approximate surface area is 182 Å². The molecule has 1 aliphatic rings. The molecule has 0 aliphatic heterocycles. The van der Waals surface area contributed by atoms with Gasteiger partial charge >= 0.3 is 6.09 Å². The first-order valence-corrected chi connectivity index (χ1v) is 10.6. The van der Waals surface area contributed by atoms with Crippen molar-refractivity contribution in [2.45, 2.75) is 51.0 Å². The second kappa shape index (κ2) is 8.38. The van der Waals surface area contributed by atoms with Gasteiger partial charge in [0.2, 0.25) is 5.91 Å². The number of amides is 1. The Morgan fingerprint density at radius 3 is 2.03 bits per heavy atom. The van der Waals surface area contributed by atoms with Crippen LogP contribution < -0.4 is 5.32 Å². The van der Waals surface area contributed by atoms with Gasteiger partial charge in [0.1, 0.15) is 5.60 Å². The fourth-order valence-corrected chi connectivity index (χ4v) is 3.56. The van der Waals surface area contributed by atoms with Crippen molar-refractivity contribution in [3.05, 3.63) is 83.6 Å². The molecule has 1 aliphatic carbocycles. The highest BCUT2D eigenvalue weighted by Gasteiger charge is 2.33. The Balaban J connectivity index is 1.62. The Bertz CT molecular complexity index is 1020. The van der Waals surface area contributed by atoms with E-state index in [0.717, 1.165) is 29.7 Å². The molecule has 0 unspecified atom stereocenters. The van der Waals surface area contributed by atoms with Crippen LogP contribution in [0.4, 0.5) is 10.6 Å². The second-order valence-electron chi connectivity index (χ2n) is 8.86. The number of carbonyl (C=O) groups excluding carboxylic acids is 2. The van der Waals surface area contributed by atoms with E-state index < -0.39 is 17.6 Å². The average Bonchev–Trinajstić information content (AvgIpc) is 3.49. The summed E-state index contributed by atoms with van der Waals surface area (Å²) < 4.78 is 6.79. The first-order chi connectivity index (χ1) is 14.8. The number of ether oxygens (including phenoxy) is 1. The molecule has 1 fully saturated rings. The lowest BCUT2D eigenvalue weighted by atomic mass is 9.90. The smallest absolute Gasteiger partial charge is 0.435 e. The van der Waals surface area contributed by atoms with E-state index in [1.807, 2.05) is 81.4 Å². The van der Waals surface area contributed by atoms with Crippen molar-refractivity contribution in [3.8, 4) is 0 Å². The molecule has 160 valence electrons. The van der Waals surface area contributed by atoms with Gasteiger partial charge < -0.3 is 10.1 Å². The number of aromatic nitrogens is 2. The van der Waals surface area contributed by atoms with Crippen molar-refractivity contribution < 1.29 is 14.3 Å². The zero-order valence-electron chi connectivity index (χ0n) is 18.0. The summed E-state index contributed by atoms with van der Waals surface area (Å²) in [5, 5.41) is 7.30. The van der Waals surface area contributed by atoms with Crippen LogP contribution in [0.2, 0.25) is 0 Å². The third kappa shape index (κ3) is 5.02. The molecule has 0 spiro atoms. The highest BCUT2D eigenvalue weighted by atomic mass is 16.6. The third-order valence-electron chi connectivity index (χ3n) is 5.08. The van der Waals surface area contributed by atoms with Crippen LogP contribution in [0.1, 0.15) is 62.3 Å². The summed E-state index contributed by atoms with van der Waals surface area (Å²) in [6.45, 7) is 5.45. The molecule has 31 heavy (non-hydrogen) atoms. The van der Waals surface area contributed by atoms with Crippen molar-refractivity contribution in [2.24, 2.45) is 0 Å². The van der Waals surface area contributed by atoms with E-state index in [1.165, 1.54) is 4.68 Å². The minimum atomic E-state index is -0.626. The maximum Gasteiger partial charge on any atom is 0.435 e. The number of rotatable bonds is 5. The van der Waals surface area contributed by atoms with Crippen LogP contribution in [-0.4, -0.2) is 27.4 Å². The summed E-state index contributed by atoms with van der Waals surface area (Å²) in [6.07, 6.45) is 1.47. The SMILES string of the molecule is CC(C)(C)OC(=O)n1nc(NC(=O)C(c2ccccc2)c2ccccc2)cc1C1CC1. The molecule has 1 heterocycles. The highest BCUT2D eigenvalue weighted by molar-refractivity contribution is 5.97. The molecule has 0 bridgehead atoms. The van der Waals surface area contributed by atoms with Gasteiger partial charge in [0.05, 0.1) is 11.6 Å². The Hall–Kier alpha value is -3.41. The lowest BCUT2D eigenvalue weighted by Gasteiger charge is -2.19. The average molecular weight is 418 g/mol. The lowest BCUT2D eigenvalue weighted by molar-refractivity contribution is -0.116. The van der Waals surface area contributed by atoms with Gasteiger partial charge in [-0.25, -0.2) is 4.79 Å². The van der Waals surface area contributed by atoms with Gasteiger partial charge in [-0.3, -0.25) is 4.79 Å². The lowest BCUT2D eigenvalue weighted by Crippen LogP contribution is -2.29. The molecule has 0 atom stereocenters. The van der Waals surface area contributed by atoms with Crippen LogP contribution in [-0.2, 0) is 9.53 Å². The Morgan fingerprint density at radius 2 is 1.55 bits per heavy atom. The predicted octanol–water partition coefficient (Wildman–Crippen LogP) is 5.31. The standard InChI is InChI=1S/C25H27N3O3/c1-25(2,3)31-24(30)28-20(17-14-15-17)16-21(27-28)26-23(29)22(18-10-6-4-7-11-18)19-12-8-5-9-13-19/h4-13,16-17,22H,14-15H2,1-3H3,(H,26,27,29). The van der Waals surface area contributed by atoms with E-state index in [0.29, 0.717) is 5.82 Å². The zero-order chi connectivity index (χ0) is 22.0. The van der Waals surface area contributed by atoms with Crippen LogP contribution in [0.15, 0.2) is 66.7 Å². The van der Waals surface area contributed by atoms with E-state index in [2.05, 4.69) is 10.4 Å². The monoisotopic (exact) mass is 417 g/mol.